The molecule has 0 spiro atoms. The molecule has 0 radical (unpaired) electrons. The Morgan fingerprint density at radius 2 is 1.30 bits per heavy atom. The van der Waals surface area contributed by atoms with Gasteiger partial charge in [0.05, 0.1) is 6.61 Å². The summed E-state index contributed by atoms with van der Waals surface area (Å²) in [6.07, 6.45) is 1.03. The van der Waals surface area contributed by atoms with Crippen molar-refractivity contribution in [3.63, 3.8) is 0 Å². The van der Waals surface area contributed by atoms with Crippen molar-refractivity contribution in [2.24, 2.45) is 0 Å². The topological polar surface area (TPSA) is 15.7 Å². The summed E-state index contributed by atoms with van der Waals surface area (Å²) in [7, 11) is 4.17. The minimum atomic E-state index is 0.740. The maximum Gasteiger partial charge on any atom is 0.119 e. The van der Waals surface area contributed by atoms with Gasteiger partial charge in [-0.1, -0.05) is 48.5 Å². The highest BCUT2D eigenvalue weighted by Gasteiger charge is 2.10. The Balaban J connectivity index is 1.72. The van der Waals surface area contributed by atoms with Crippen molar-refractivity contribution < 1.29 is 4.74 Å². The Morgan fingerprint density at radius 3 is 1.93 bits per heavy atom. The van der Waals surface area contributed by atoms with Gasteiger partial charge < -0.3 is 14.5 Å². The van der Waals surface area contributed by atoms with E-state index in [-0.39, 0.29) is 0 Å². The summed E-state index contributed by atoms with van der Waals surface area (Å²) in [5, 5.41) is 0. The first kappa shape index (κ1) is 19.0. The van der Waals surface area contributed by atoms with Gasteiger partial charge in [-0.2, -0.15) is 0 Å². The van der Waals surface area contributed by atoms with E-state index >= 15 is 0 Å². The number of rotatable bonds is 9. The molecule has 3 nitrogen and oxygen atoms in total. The molecule has 27 heavy (non-hydrogen) atoms. The molecule has 0 bridgehead atoms. The van der Waals surface area contributed by atoms with Gasteiger partial charge in [0, 0.05) is 24.5 Å². The van der Waals surface area contributed by atoms with Crippen molar-refractivity contribution in [3.05, 3.63) is 90.5 Å². The molecule has 0 saturated heterocycles. The highest BCUT2D eigenvalue weighted by atomic mass is 16.5. The number of para-hydroxylation sites is 1. The lowest BCUT2D eigenvalue weighted by atomic mass is 10.1. The molecule has 0 atom stereocenters. The molecular weight excluding hydrogens is 332 g/mol. The van der Waals surface area contributed by atoms with E-state index in [1.165, 1.54) is 11.3 Å². The van der Waals surface area contributed by atoms with Crippen LogP contribution in [-0.4, -0.2) is 32.1 Å². The fraction of sp³-hybridized carbons (Fsp3) is 0.250. The van der Waals surface area contributed by atoms with Crippen LogP contribution in [0.3, 0.4) is 0 Å². The quantitative estimate of drug-likeness (QED) is 0.478. The zero-order valence-electron chi connectivity index (χ0n) is 16.2. The second-order valence-corrected chi connectivity index (χ2v) is 6.91. The molecule has 3 rings (SSSR count). The minimum Gasteiger partial charge on any atom is -0.494 e. The van der Waals surface area contributed by atoms with Gasteiger partial charge in [-0.05, 0) is 62.5 Å². The van der Waals surface area contributed by atoms with Crippen LogP contribution < -0.4 is 9.64 Å². The maximum absolute atomic E-state index is 5.87. The van der Waals surface area contributed by atoms with Crippen LogP contribution in [0.25, 0.3) is 0 Å². The van der Waals surface area contributed by atoms with E-state index in [9.17, 15) is 0 Å². The molecule has 0 heterocycles. The zero-order valence-corrected chi connectivity index (χ0v) is 16.2. The van der Waals surface area contributed by atoms with Crippen LogP contribution in [-0.2, 0) is 6.54 Å². The van der Waals surface area contributed by atoms with Gasteiger partial charge in [0.15, 0.2) is 0 Å². The molecule has 0 fully saturated rings. The second-order valence-electron chi connectivity index (χ2n) is 6.91. The van der Waals surface area contributed by atoms with Gasteiger partial charge in [-0.15, -0.1) is 0 Å². The van der Waals surface area contributed by atoms with Gasteiger partial charge in [0.1, 0.15) is 5.75 Å². The molecule has 0 aliphatic heterocycles. The fourth-order valence-corrected chi connectivity index (χ4v) is 3.00. The number of ether oxygens (including phenoxy) is 1. The number of hydrogen-bond donors (Lipinski definition) is 0. The lowest BCUT2D eigenvalue weighted by Crippen LogP contribution is -2.16. The Bertz CT molecular complexity index is 786. The molecule has 140 valence electrons. The summed E-state index contributed by atoms with van der Waals surface area (Å²) < 4.78 is 5.87. The molecule has 0 aliphatic rings. The van der Waals surface area contributed by atoms with E-state index in [2.05, 4.69) is 109 Å². The van der Waals surface area contributed by atoms with E-state index in [4.69, 9.17) is 4.74 Å². The number of benzene rings is 3. The summed E-state index contributed by atoms with van der Waals surface area (Å²) in [6, 6.07) is 29.5. The van der Waals surface area contributed by atoms with Gasteiger partial charge in [-0.3, -0.25) is 0 Å². The molecule has 0 saturated carbocycles. The van der Waals surface area contributed by atoms with Gasteiger partial charge in [-0.25, -0.2) is 0 Å². The zero-order chi connectivity index (χ0) is 18.9. The molecular formula is C24H28N2O. The summed E-state index contributed by atoms with van der Waals surface area (Å²) in [4.78, 5) is 4.50. The standard InChI is InChI=1S/C24H28N2O/c1-25(2)18-9-19-27-24-16-14-23(15-17-24)26(22-12-7-4-8-13-22)20-21-10-5-3-6-11-21/h3-8,10-17H,9,18-20H2,1-2H3. The average molecular weight is 361 g/mol. The van der Waals surface area contributed by atoms with Crippen molar-refractivity contribution in [2.45, 2.75) is 13.0 Å². The molecule has 0 unspecified atom stereocenters. The summed E-state index contributed by atoms with van der Waals surface area (Å²) >= 11 is 0. The Morgan fingerprint density at radius 1 is 0.704 bits per heavy atom. The first-order valence-electron chi connectivity index (χ1n) is 9.46. The Hall–Kier alpha value is -2.78. The number of hydrogen-bond acceptors (Lipinski definition) is 3. The Labute approximate surface area is 162 Å². The normalized spacial score (nSPS) is 10.8. The monoisotopic (exact) mass is 360 g/mol. The Kier molecular flexibility index (Phi) is 6.89. The lowest BCUT2D eigenvalue weighted by molar-refractivity contribution is 0.281. The van der Waals surface area contributed by atoms with Crippen LogP contribution in [0.4, 0.5) is 11.4 Å². The predicted molar refractivity (Wildman–Crippen MR) is 114 cm³/mol. The van der Waals surface area contributed by atoms with Crippen LogP contribution >= 0.6 is 0 Å². The number of nitrogens with zero attached hydrogens (tertiary/aromatic N) is 2. The largest absolute Gasteiger partial charge is 0.494 e. The summed E-state index contributed by atoms with van der Waals surface area (Å²) in [5.41, 5.74) is 3.62. The van der Waals surface area contributed by atoms with E-state index in [0.717, 1.165) is 37.6 Å². The average Bonchev–Trinajstić information content (AvgIpc) is 2.71. The molecule has 3 aromatic carbocycles. The van der Waals surface area contributed by atoms with Gasteiger partial charge in [0.2, 0.25) is 0 Å². The molecule has 3 heteroatoms. The third-order valence-electron chi connectivity index (χ3n) is 4.42. The predicted octanol–water partition coefficient (Wildman–Crippen LogP) is 5.36. The second kappa shape index (κ2) is 9.79. The lowest BCUT2D eigenvalue weighted by Gasteiger charge is -2.25. The molecule has 0 aromatic heterocycles. The van der Waals surface area contributed by atoms with E-state index in [0.29, 0.717) is 0 Å². The van der Waals surface area contributed by atoms with Crippen molar-refractivity contribution in [2.75, 3.05) is 32.1 Å². The van der Waals surface area contributed by atoms with Gasteiger partial charge >= 0.3 is 0 Å². The third-order valence-corrected chi connectivity index (χ3v) is 4.42. The SMILES string of the molecule is CN(C)CCCOc1ccc(N(Cc2ccccc2)c2ccccc2)cc1. The fourth-order valence-electron chi connectivity index (χ4n) is 3.00. The highest BCUT2D eigenvalue weighted by molar-refractivity contribution is 5.64. The molecule has 0 N–H and O–H groups in total. The van der Waals surface area contributed by atoms with E-state index in [1.807, 2.05) is 0 Å². The van der Waals surface area contributed by atoms with Crippen LogP contribution in [0.1, 0.15) is 12.0 Å². The third kappa shape index (κ3) is 5.87. The van der Waals surface area contributed by atoms with Crippen molar-refractivity contribution in [1.29, 1.82) is 0 Å². The summed E-state index contributed by atoms with van der Waals surface area (Å²) in [5.74, 6) is 0.922. The minimum absolute atomic E-state index is 0.740. The molecule has 0 aliphatic carbocycles. The van der Waals surface area contributed by atoms with E-state index in [1.54, 1.807) is 0 Å². The first-order valence-corrected chi connectivity index (χ1v) is 9.46. The molecule has 0 amide bonds. The summed E-state index contributed by atoms with van der Waals surface area (Å²) in [6.45, 7) is 2.61. The smallest absolute Gasteiger partial charge is 0.119 e. The van der Waals surface area contributed by atoms with Crippen LogP contribution in [0.5, 0.6) is 5.75 Å². The van der Waals surface area contributed by atoms with Crippen molar-refractivity contribution >= 4 is 11.4 Å². The van der Waals surface area contributed by atoms with Gasteiger partial charge in [0.25, 0.3) is 0 Å². The van der Waals surface area contributed by atoms with Crippen molar-refractivity contribution in [3.8, 4) is 5.75 Å². The molecule has 3 aromatic rings. The van der Waals surface area contributed by atoms with Crippen LogP contribution in [0.2, 0.25) is 0 Å². The van der Waals surface area contributed by atoms with Crippen LogP contribution in [0, 0.1) is 0 Å². The first-order chi connectivity index (χ1) is 13.2. The van der Waals surface area contributed by atoms with E-state index < -0.39 is 0 Å². The number of anilines is 2. The highest BCUT2D eigenvalue weighted by Crippen LogP contribution is 2.29. The van der Waals surface area contributed by atoms with Crippen LogP contribution in [0.15, 0.2) is 84.9 Å². The van der Waals surface area contributed by atoms with Crippen molar-refractivity contribution in [1.82, 2.24) is 4.90 Å². The maximum atomic E-state index is 5.87.